The fourth-order valence-electron chi connectivity index (χ4n) is 1.46. The van der Waals surface area contributed by atoms with Crippen molar-refractivity contribution in [1.29, 1.82) is 0 Å². The molecule has 0 spiro atoms. The molecule has 0 fully saturated rings. The number of benzene rings is 2. The third kappa shape index (κ3) is 2.15. The molecule has 1 N–H and O–H groups in total. The summed E-state index contributed by atoms with van der Waals surface area (Å²) in [5.74, 6) is 0.152. The largest absolute Gasteiger partial charge is 0.508 e. The van der Waals surface area contributed by atoms with Crippen LogP contribution in [0.25, 0.3) is 0 Å². The van der Waals surface area contributed by atoms with Crippen molar-refractivity contribution in [2.24, 2.45) is 0 Å². The molecule has 0 heterocycles. The van der Waals surface area contributed by atoms with E-state index in [1.165, 1.54) is 12.1 Å². The van der Waals surface area contributed by atoms with E-state index in [2.05, 4.69) is 0 Å². The Morgan fingerprint density at radius 1 is 0.800 bits per heavy atom. The first kappa shape index (κ1) is 9.71. The van der Waals surface area contributed by atoms with Crippen LogP contribution in [-0.2, 0) is 0 Å². The quantitative estimate of drug-likeness (QED) is 0.790. The van der Waals surface area contributed by atoms with Crippen LogP contribution in [-0.4, -0.2) is 5.11 Å². The second-order valence-corrected chi connectivity index (χ2v) is 3.36. The van der Waals surface area contributed by atoms with Crippen LogP contribution in [0, 0.1) is 0 Å². The fourth-order valence-corrected chi connectivity index (χ4v) is 1.46. The fraction of sp³-hybridized carbons (Fsp3) is 0.0769. The lowest BCUT2D eigenvalue weighted by atomic mass is 10.0. The Balaban J connectivity index is 2.29. The van der Waals surface area contributed by atoms with Crippen LogP contribution in [0.1, 0.15) is 17.3 Å². The smallest absolute Gasteiger partial charge is 0.150 e. The standard InChI is InChI=1S/C13H11FO/c14-13(10-4-2-1-3-5-10)11-6-8-12(15)9-7-11/h1-9,13,15H. The highest BCUT2D eigenvalue weighted by Crippen LogP contribution is 2.26. The molecule has 0 amide bonds. The zero-order chi connectivity index (χ0) is 10.7. The Labute approximate surface area is 87.8 Å². The summed E-state index contributed by atoms with van der Waals surface area (Å²) in [5, 5.41) is 9.09. The third-order valence-corrected chi connectivity index (χ3v) is 2.28. The van der Waals surface area contributed by atoms with Crippen LogP contribution in [0.4, 0.5) is 4.39 Å². The molecule has 0 saturated carbocycles. The van der Waals surface area contributed by atoms with Gasteiger partial charge in [-0.25, -0.2) is 4.39 Å². The summed E-state index contributed by atoms with van der Waals surface area (Å²) in [5.41, 5.74) is 1.18. The molecule has 76 valence electrons. The second-order valence-electron chi connectivity index (χ2n) is 3.36. The van der Waals surface area contributed by atoms with Gasteiger partial charge in [0, 0.05) is 0 Å². The molecular formula is C13H11FO. The monoisotopic (exact) mass is 202 g/mol. The molecule has 0 aromatic heterocycles. The van der Waals surface area contributed by atoms with E-state index >= 15 is 0 Å². The molecule has 0 aliphatic carbocycles. The van der Waals surface area contributed by atoms with Crippen LogP contribution in [0.15, 0.2) is 54.6 Å². The minimum Gasteiger partial charge on any atom is -0.508 e. The predicted molar refractivity (Wildman–Crippen MR) is 57.5 cm³/mol. The molecule has 0 radical (unpaired) electrons. The summed E-state index contributed by atoms with van der Waals surface area (Å²) in [6.45, 7) is 0. The van der Waals surface area contributed by atoms with Gasteiger partial charge in [0.1, 0.15) is 5.75 Å². The summed E-state index contributed by atoms with van der Waals surface area (Å²) in [4.78, 5) is 0. The van der Waals surface area contributed by atoms with E-state index in [4.69, 9.17) is 5.11 Å². The van der Waals surface area contributed by atoms with Crippen molar-refractivity contribution in [1.82, 2.24) is 0 Å². The average Bonchev–Trinajstić information content (AvgIpc) is 2.30. The Hall–Kier alpha value is -1.83. The molecule has 0 bridgehead atoms. The Morgan fingerprint density at radius 2 is 1.33 bits per heavy atom. The first-order valence-corrected chi connectivity index (χ1v) is 4.75. The van der Waals surface area contributed by atoms with E-state index in [-0.39, 0.29) is 5.75 Å². The van der Waals surface area contributed by atoms with E-state index in [9.17, 15) is 4.39 Å². The first-order valence-electron chi connectivity index (χ1n) is 4.75. The lowest BCUT2D eigenvalue weighted by Gasteiger charge is -2.08. The molecule has 1 unspecified atom stereocenters. The lowest BCUT2D eigenvalue weighted by molar-refractivity contribution is 0.401. The van der Waals surface area contributed by atoms with Crippen molar-refractivity contribution >= 4 is 0 Å². The van der Waals surface area contributed by atoms with Gasteiger partial charge in [-0.2, -0.15) is 0 Å². The highest BCUT2D eigenvalue weighted by atomic mass is 19.1. The van der Waals surface area contributed by atoms with Gasteiger partial charge in [0.2, 0.25) is 0 Å². The van der Waals surface area contributed by atoms with E-state index in [0.717, 1.165) is 0 Å². The number of hydrogen-bond acceptors (Lipinski definition) is 1. The van der Waals surface area contributed by atoms with Crippen molar-refractivity contribution in [3.8, 4) is 5.75 Å². The normalized spacial score (nSPS) is 12.3. The Morgan fingerprint density at radius 3 is 1.93 bits per heavy atom. The molecule has 0 aliphatic rings. The highest BCUT2D eigenvalue weighted by molar-refractivity contribution is 5.33. The van der Waals surface area contributed by atoms with E-state index in [1.54, 1.807) is 24.3 Å². The van der Waals surface area contributed by atoms with Crippen molar-refractivity contribution in [3.63, 3.8) is 0 Å². The molecule has 2 aromatic rings. The van der Waals surface area contributed by atoms with Crippen LogP contribution >= 0.6 is 0 Å². The number of aromatic hydroxyl groups is 1. The minimum atomic E-state index is -1.13. The average molecular weight is 202 g/mol. The Kier molecular flexibility index (Phi) is 2.68. The van der Waals surface area contributed by atoms with Gasteiger partial charge in [-0.1, -0.05) is 42.5 Å². The van der Waals surface area contributed by atoms with E-state index < -0.39 is 6.17 Å². The zero-order valence-electron chi connectivity index (χ0n) is 8.10. The molecule has 2 heteroatoms. The topological polar surface area (TPSA) is 20.2 Å². The maximum absolute atomic E-state index is 13.9. The molecule has 1 atom stereocenters. The summed E-state index contributed by atoms with van der Waals surface area (Å²) in [6.07, 6.45) is -1.13. The maximum atomic E-state index is 13.9. The minimum absolute atomic E-state index is 0.152. The summed E-state index contributed by atoms with van der Waals surface area (Å²) < 4.78 is 13.9. The van der Waals surface area contributed by atoms with Crippen LogP contribution in [0.2, 0.25) is 0 Å². The van der Waals surface area contributed by atoms with Gasteiger partial charge >= 0.3 is 0 Å². The number of halogens is 1. The van der Waals surface area contributed by atoms with E-state index in [0.29, 0.717) is 11.1 Å². The number of hydrogen-bond donors (Lipinski definition) is 1. The van der Waals surface area contributed by atoms with Gasteiger partial charge in [0.15, 0.2) is 6.17 Å². The SMILES string of the molecule is Oc1ccc(C(F)c2ccccc2)cc1. The number of alkyl halides is 1. The van der Waals surface area contributed by atoms with Gasteiger partial charge in [-0.3, -0.25) is 0 Å². The van der Waals surface area contributed by atoms with E-state index in [1.807, 2.05) is 18.2 Å². The van der Waals surface area contributed by atoms with Gasteiger partial charge < -0.3 is 5.11 Å². The van der Waals surface area contributed by atoms with Gasteiger partial charge in [-0.15, -0.1) is 0 Å². The molecule has 2 aromatic carbocycles. The third-order valence-electron chi connectivity index (χ3n) is 2.28. The molecule has 2 rings (SSSR count). The molecule has 0 saturated heterocycles. The van der Waals surface area contributed by atoms with Crippen LogP contribution in [0.3, 0.4) is 0 Å². The van der Waals surface area contributed by atoms with Crippen molar-refractivity contribution in [3.05, 3.63) is 65.7 Å². The van der Waals surface area contributed by atoms with Gasteiger partial charge in [0.25, 0.3) is 0 Å². The lowest BCUT2D eigenvalue weighted by Crippen LogP contribution is -1.93. The van der Waals surface area contributed by atoms with Crippen LogP contribution < -0.4 is 0 Å². The predicted octanol–water partition coefficient (Wildman–Crippen LogP) is 3.45. The van der Waals surface area contributed by atoms with Crippen molar-refractivity contribution in [2.75, 3.05) is 0 Å². The van der Waals surface area contributed by atoms with Gasteiger partial charge in [-0.05, 0) is 23.3 Å². The zero-order valence-corrected chi connectivity index (χ0v) is 8.10. The molecule has 1 nitrogen and oxygen atoms in total. The second kappa shape index (κ2) is 4.13. The van der Waals surface area contributed by atoms with Crippen molar-refractivity contribution in [2.45, 2.75) is 6.17 Å². The summed E-state index contributed by atoms with van der Waals surface area (Å²) in [7, 11) is 0. The van der Waals surface area contributed by atoms with Crippen molar-refractivity contribution < 1.29 is 9.50 Å². The van der Waals surface area contributed by atoms with Gasteiger partial charge in [0.05, 0.1) is 0 Å². The number of rotatable bonds is 2. The molecule has 15 heavy (non-hydrogen) atoms. The summed E-state index contributed by atoms with van der Waals surface area (Å²) in [6, 6.07) is 15.1. The Bertz CT molecular complexity index is 422. The number of phenolic OH excluding ortho intramolecular Hbond substituents is 1. The van der Waals surface area contributed by atoms with Crippen LogP contribution in [0.5, 0.6) is 5.75 Å². The maximum Gasteiger partial charge on any atom is 0.150 e. The number of phenols is 1. The highest BCUT2D eigenvalue weighted by Gasteiger charge is 2.11. The first-order chi connectivity index (χ1) is 7.27. The summed E-state index contributed by atoms with van der Waals surface area (Å²) >= 11 is 0. The molecular weight excluding hydrogens is 191 g/mol. The molecule has 0 aliphatic heterocycles.